The summed E-state index contributed by atoms with van der Waals surface area (Å²) >= 11 is 0. The molecule has 2 N–H and O–H groups in total. The number of amides is 1. The number of benzene rings is 1. The predicted octanol–water partition coefficient (Wildman–Crippen LogP) is 2.27. The summed E-state index contributed by atoms with van der Waals surface area (Å²) in [5.41, 5.74) is 0.791. The Balaban J connectivity index is 2.55. The lowest BCUT2D eigenvalue weighted by Crippen LogP contribution is -2.28. The van der Waals surface area contributed by atoms with E-state index in [2.05, 4.69) is 10.6 Å². The molecule has 0 heterocycles. The van der Waals surface area contributed by atoms with Gasteiger partial charge in [-0.25, -0.2) is 0 Å². The second kappa shape index (κ2) is 7.01. The van der Waals surface area contributed by atoms with Crippen molar-refractivity contribution in [1.29, 1.82) is 0 Å². The van der Waals surface area contributed by atoms with Crippen molar-refractivity contribution in [3.05, 3.63) is 24.3 Å². The Bertz CT molecular complexity index is 374. The quantitative estimate of drug-likeness (QED) is 0.814. The summed E-state index contributed by atoms with van der Waals surface area (Å²) in [6.07, 6.45) is 0.154. The van der Waals surface area contributed by atoms with Crippen molar-refractivity contribution >= 4 is 11.6 Å². The summed E-state index contributed by atoms with van der Waals surface area (Å²) in [5.74, 6) is 0.773. The minimum Gasteiger partial charge on any atom is -0.491 e. The average Bonchev–Trinajstić information content (AvgIpc) is 2.31. The SMILES string of the molecule is CNCC(C)C(=O)Nc1ccc(OC(C)C)cc1. The zero-order chi connectivity index (χ0) is 13.5. The second-order valence-corrected chi connectivity index (χ2v) is 4.64. The summed E-state index contributed by atoms with van der Waals surface area (Å²) in [7, 11) is 1.84. The molecule has 0 saturated carbocycles. The van der Waals surface area contributed by atoms with Crippen LogP contribution in [0, 0.1) is 5.92 Å². The molecule has 4 heteroatoms. The fraction of sp³-hybridized carbons (Fsp3) is 0.500. The number of carbonyl (C=O) groups excluding carboxylic acids is 1. The lowest BCUT2D eigenvalue weighted by molar-refractivity contribution is -0.119. The standard InChI is InChI=1S/C14H22N2O2/c1-10(2)18-13-7-5-12(6-8-13)16-14(17)11(3)9-15-4/h5-8,10-11,15H,9H2,1-4H3,(H,16,17). The molecule has 1 aromatic carbocycles. The van der Waals surface area contributed by atoms with Crippen LogP contribution in [0.3, 0.4) is 0 Å². The number of hydrogen-bond donors (Lipinski definition) is 2. The van der Waals surface area contributed by atoms with Gasteiger partial charge in [-0.05, 0) is 45.2 Å². The minimum absolute atomic E-state index is 0.0156. The first-order valence-electron chi connectivity index (χ1n) is 6.25. The largest absolute Gasteiger partial charge is 0.491 e. The summed E-state index contributed by atoms with van der Waals surface area (Å²) in [4.78, 5) is 11.8. The van der Waals surface area contributed by atoms with Gasteiger partial charge in [0.15, 0.2) is 0 Å². The van der Waals surface area contributed by atoms with E-state index in [0.29, 0.717) is 6.54 Å². The molecular weight excluding hydrogens is 228 g/mol. The van der Waals surface area contributed by atoms with E-state index in [-0.39, 0.29) is 17.9 Å². The molecule has 0 aliphatic carbocycles. The monoisotopic (exact) mass is 250 g/mol. The van der Waals surface area contributed by atoms with E-state index in [1.165, 1.54) is 0 Å². The highest BCUT2D eigenvalue weighted by molar-refractivity contribution is 5.92. The van der Waals surface area contributed by atoms with Crippen LogP contribution < -0.4 is 15.4 Å². The first-order valence-corrected chi connectivity index (χ1v) is 6.25. The van der Waals surface area contributed by atoms with Crippen LogP contribution in [0.15, 0.2) is 24.3 Å². The molecule has 0 aliphatic heterocycles. The minimum atomic E-state index is -0.0541. The van der Waals surface area contributed by atoms with Crippen molar-refractivity contribution in [3.8, 4) is 5.75 Å². The molecule has 0 aliphatic rings. The fourth-order valence-electron chi connectivity index (χ4n) is 1.55. The van der Waals surface area contributed by atoms with Crippen molar-refractivity contribution in [1.82, 2.24) is 5.32 Å². The molecular formula is C14H22N2O2. The molecule has 1 aromatic rings. The highest BCUT2D eigenvalue weighted by atomic mass is 16.5. The highest BCUT2D eigenvalue weighted by Crippen LogP contribution is 2.17. The maximum absolute atomic E-state index is 11.8. The van der Waals surface area contributed by atoms with Gasteiger partial charge in [-0.1, -0.05) is 6.92 Å². The molecule has 0 bridgehead atoms. The number of nitrogens with one attached hydrogen (secondary N) is 2. The fourth-order valence-corrected chi connectivity index (χ4v) is 1.55. The van der Waals surface area contributed by atoms with E-state index < -0.39 is 0 Å². The molecule has 0 saturated heterocycles. The normalized spacial score (nSPS) is 12.3. The van der Waals surface area contributed by atoms with Gasteiger partial charge in [-0.2, -0.15) is 0 Å². The van der Waals surface area contributed by atoms with E-state index in [1.54, 1.807) is 0 Å². The van der Waals surface area contributed by atoms with Gasteiger partial charge < -0.3 is 15.4 Å². The molecule has 1 amide bonds. The van der Waals surface area contributed by atoms with Crippen molar-refractivity contribution in [3.63, 3.8) is 0 Å². The molecule has 0 fully saturated rings. The van der Waals surface area contributed by atoms with Crippen molar-refractivity contribution in [2.75, 3.05) is 18.9 Å². The molecule has 0 radical (unpaired) electrons. The lowest BCUT2D eigenvalue weighted by atomic mass is 10.1. The zero-order valence-corrected chi connectivity index (χ0v) is 11.5. The molecule has 1 atom stereocenters. The van der Waals surface area contributed by atoms with Gasteiger partial charge in [-0.3, -0.25) is 4.79 Å². The van der Waals surface area contributed by atoms with Gasteiger partial charge in [0, 0.05) is 18.2 Å². The number of rotatable bonds is 6. The Morgan fingerprint density at radius 3 is 2.33 bits per heavy atom. The maximum atomic E-state index is 11.8. The molecule has 100 valence electrons. The topological polar surface area (TPSA) is 50.4 Å². The number of anilines is 1. The number of ether oxygens (including phenoxy) is 1. The van der Waals surface area contributed by atoms with Gasteiger partial charge in [-0.15, -0.1) is 0 Å². The van der Waals surface area contributed by atoms with Crippen LogP contribution in [-0.4, -0.2) is 25.6 Å². The second-order valence-electron chi connectivity index (χ2n) is 4.64. The van der Waals surface area contributed by atoms with Crippen molar-refractivity contribution in [2.45, 2.75) is 26.9 Å². The summed E-state index contributed by atoms with van der Waals surface area (Å²) < 4.78 is 5.54. The number of hydrogen-bond acceptors (Lipinski definition) is 3. The lowest BCUT2D eigenvalue weighted by Gasteiger charge is -2.13. The van der Waals surface area contributed by atoms with E-state index in [9.17, 15) is 4.79 Å². The first-order chi connectivity index (χ1) is 8.52. The van der Waals surface area contributed by atoms with Crippen LogP contribution in [0.25, 0.3) is 0 Å². The Hall–Kier alpha value is -1.55. The van der Waals surface area contributed by atoms with Gasteiger partial charge in [0.1, 0.15) is 5.75 Å². The predicted molar refractivity (Wildman–Crippen MR) is 73.9 cm³/mol. The third-order valence-corrected chi connectivity index (χ3v) is 2.45. The molecule has 1 unspecified atom stereocenters. The Labute approximate surface area is 109 Å². The highest BCUT2D eigenvalue weighted by Gasteiger charge is 2.11. The van der Waals surface area contributed by atoms with Gasteiger partial charge in [0.2, 0.25) is 5.91 Å². The average molecular weight is 250 g/mol. The third kappa shape index (κ3) is 4.75. The van der Waals surface area contributed by atoms with E-state index in [0.717, 1.165) is 11.4 Å². The van der Waals surface area contributed by atoms with Crippen LogP contribution in [-0.2, 0) is 4.79 Å². The van der Waals surface area contributed by atoms with Crippen LogP contribution in [0.5, 0.6) is 5.75 Å². The van der Waals surface area contributed by atoms with Crippen molar-refractivity contribution in [2.24, 2.45) is 5.92 Å². The number of carbonyl (C=O) groups is 1. The maximum Gasteiger partial charge on any atom is 0.228 e. The van der Waals surface area contributed by atoms with Gasteiger partial charge in [0.25, 0.3) is 0 Å². The Morgan fingerprint density at radius 1 is 1.22 bits per heavy atom. The van der Waals surface area contributed by atoms with Gasteiger partial charge >= 0.3 is 0 Å². The molecule has 0 aromatic heterocycles. The van der Waals surface area contributed by atoms with Gasteiger partial charge in [0.05, 0.1) is 6.10 Å². The summed E-state index contributed by atoms with van der Waals surface area (Å²) in [6.45, 7) is 6.52. The Morgan fingerprint density at radius 2 is 1.83 bits per heavy atom. The zero-order valence-electron chi connectivity index (χ0n) is 11.5. The Kier molecular flexibility index (Phi) is 5.65. The van der Waals surface area contributed by atoms with E-state index in [4.69, 9.17) is 4.74 Å². The molecule has 0 spiro atoms. The van der Waals surface area contributed by atoms with Crippen molar-refractivity contribution < 1.29 is 9.53 Å². The summed E-state index contributed by atoms with van der Waals surface area (Å²) in [5, 5.41) is 5.86. The summed E-state index contributed by atoms with van der Waals surface area (Å²) in [6, 6.07) is 7.42. The van der Waals surface area contributed by atoms with Crippen LogP contribution in [0.1, 0.15) is 20.8 Å². The van der Waals surface area contributed by atoms with Crippen LogP contribution in [0.4, 0.5) is 5.69 Å². The smallest absolute Gasteiger partial charge is 0.228 e. The van der Waals surface area contributed by atoms with Crippen LogP contribution >= 0.6 is 0 Å². The first kappa shape index (κ1) is 14.5. The van der Waals surface area contributed by atoms with Crippen LogP contribution in [0.2, 0.25) is 0 Å². The molecule has 1 rings (SSSR count). The molecule has 18 heavy (non-hydrogen) atoms. The van der Waals surface area contributed by atoms with E-state index >= 15 is 0 Å². The molecule has 4 nitrogen and oxygen atoms in total. The van der Waals surface area contributed by atoms with E-state index in [1.807, 2.05) is 52.1 Å². The third-order valence-electron chi connectivity index (χ3n) is 2.45.